The van der Waals surface area contributed by atoms with Crippen molar-refractivity contribution in [3.05, 3.63) is 59.2 Å². The number of ether oxygens (including phenoxy) is 1. The highest BCUT2D eigenvalue weighted by Gasteiger charge is 2.34. The number of halogens is 1. The van der Waals surface area contributed by atoms with Crippen LogP contribution in [0.2, 0.25) is 0 Å². The fraction of sp³-hybridized carbons (Fsp3) is 0.304. The third-order valence-electron chi connectivity index (χ3n) is 5.89. The van der Waals surface area contributed by atoms with Crippen LogP contribution >= 0.6 is 0 Å². The second-order valence-corrected chi connectivity index (χ2v) is 8.06. The van der Waals surface area contributed by atoms with E-state index in [0.717, 1.165) is 18.7 Å². The molecular formula is C23H23FN6O2. The maximum Gasteiger partial charge on any atom is 0.260 e. The van der Waals surface area contributed by atoms with E-state index in [4.69, 9.17) is 10.5 Å². The molecule has 0 unspecified atom stereocenters. The molecular weight excluding hydrogens is 411 g/mol. The van der Waals surface area contributed by atoms with Crippen molar-refractivity contribution in [2.45, 2.75) is 25.9 Å². The van der Waals surface area contributed by atoms with E-state index in [-0.39, 0.29) is 24.1 Å². The van der Waals surface area contributed by atoms with E-state index < -0.39 is 5.82 Å². The molecule has 9 heteroatoms. The number of hydrogen-bond acceptors (Lipinski definition) is 7. The van der Waals surface area contributed by atoms with Crippen molar-refractivity contribution in [1.82, 2.24) is 15.0 Å². The molecule has 32 heavy (non-hydrogen) atoms. The van der Waals surface area contributed by atoms with Crippen LogP contribution in [0.4, 0.5) is 16.2 Å². The summed E-state index contributed by atoms with van der Waals surface area (Å²) >= 11 is 0. The van der Waals surface area contributed by atoms with Crippen LogP contribution in [0.25, 0.3) is 11.3 Å². The Balaban J connectivity index is 1.55. The fourth-order valence-electron chi connectivity index (χ4n) is 4.32. The van der Waals surface area contributed by atoms with Gasteiger partial charge >= 0.3 is 0 Å². The molecule has 164 valence electrons. The molecule has 0 saturated carbocycles. The summed E-state index contributed by atoms with van der Waals surface area (Å²) in [5.74, 6) is 0.761. The van der Waals surface area contributed by atoms with Crippen molar-refractivity contribution < 1.29 is 13.9 Å². The molecule has 2 aliphatic heterocycles. The Morgan fingerprint density at radius 2 is 2.09 bits per heavy atom. The largest absolute Gasteiger partial charge is 0.496 e. The van der Waals surface area contributed by atoms with Crippen LogP contribution < -0.4 is 20.3 Å². The van der Waals surface area contributed by atoms with Gasteiger partial charge in [0.2, 0.25) is 5.95 Å². The lowest BCUT2D eigenvalue weighted by Crippen LogP contribution is -2.29. The van der Waals surface area contributed by atoms with Crippen molar-refractivity contribution >= 4 is 17.7 Å². The monoisotopic (exact) mass is 434 g/mol. The summed E-state index contributed by atoms with van der Waals surface area (Å²) in [6, 6.07) is 8.13. The third kappa shape index (κ3) is 3.34. The van der Waals surface area contributed by atoms with Gasteiger partial charge in [0.25, 0.3) is 5.91 Å². The average molecular weight is 434 g/mol. The van der Waals surface area contributed by atoms with Gasteiger partial charge in [-0.05, 0) is 31.5 Å². The molecule has 0 radical (unpaired) electrons. The molecule has 0 bridgehead atoms. The fourth-order valence-corrected chi connectivity index (χ4v) is 4.32. The van der Waals surface area contributed by atoms with Crippen molar-refractivity contribution in [1.29, 1.82) is 0 Å². The minimum absolute atomic E-state index is 0.0876. The molecule has 1 fully saturated rings. The topological polar surface area (TPSA) is 97.5 Å². The molecule has 2 aromatic heterocycles. The van der Waals surface area contributed by atoms with E-state index >= 15 is 0 Å². The molecule has 1 atom stereocenters. The number of carbonyl (C=O) groups excluding carboxylic acids is 1. The summed E-state index contributed by atoms with van der Waals surface area (Å²) in [5, 5.41) is 0. The van der Waals surface area contributed by atoms with Crippen LogP contribution in [-0.2, 0) is 6.54 Å². The number of nitrogens with two attached hydrogens (primary N) is 1. The number of nitrogens with zero attached hydrogens (tertiary/aromatic N) is 5. The van der Waals surface area contributed by atoms with E-state index in [1.54, 1.807) is 29.2 Å². The number of anilines is 2. The second kappa shape index (κ2) is 7.83. The number of aryl methyl sites for hydroxylation is 1. The maximum atomic E-state index is 14.8. The Bertz CT molecular complexity index is 1220. The highest BCUT2D eigenvalue weighted by Crippen LogP contribution is 2.38. The van der Waals surface area contributed by atoms with E-state index in [2.05, 4.69) is 15.0 Å². The zero-order valence-electron chi connectivity index (χ0n) is 17.9. The Hall–Kier alpha value is -3.59. The van der Waals surface area contributed by atoms with Gasteiger partial charge in [-0.15, -0.1) is 0 Å². The summed E-state index contributed by atoms with van der Waals surface area (Å²) in [6.07, 6.45) is 2.39. The Morgan fingerprint density at radius 1 is 1.25 bits per heavy atom. The molecule has 2 aliphatic rings. The second-order valence-electron chi connectivity index (χ2n) is 8.06. The molecule has 2 N–H and O–H groups in total. The summed E-state index contributed by atoms with van der Waals surface area (Å²) in [6.45, 7) is 3.55. The highest BCUT2D eigenvalue weighted by molar-refractivity contribution is 6.10. The molecule has 1 saturated heterocycles. The van der Waals surface area contributed by atoms with Gasteiger partial charge in [0.15, 0.2) is 0 Å². The number of hydrogen-bond donors (Lipinski definition) is 1. The first-order valence-corrected chi connectivity index (χ1v) is 10.4. The molecule has 0 aliphatic carbocycles. The van der Waals surface area contributed by atoms with Gasteiger partial charge in [0.1, 0.15) is 17.4 Å². The van der Waals surface area contributed by atoms with Crippen LogP contribution in [0.1, 0.15) is 28.0 Å². The molecule has 8 nitrogen and oxygen atoms in total. The van der Waals surface area contributed by atoms with Crippen LogP contribution in [0.3, 0.4) is 0 Å². The third-order valence-corrected chi connectivity index (χ3v) is 5.89. The Morgan fingerprint density at radius 3 is 2.84 bits per heavy atom. The number of methoxy groups -OCH3 is 1. The first-order chi connectivity index (χ1) is 15.5. The zero-order valence-corrected chi connectivity index (χ0v) is 17.9. The first kappa shape index (κ1) is 20.3. The quantitative estimate of drug-likeness (QED) is 0.674. The van der Waals surface area contributed by atoms with E-state index in [9.17, 15) is 9.18 Å². The molecule has 5 rings (SSSR count). The minimum atomic E-state index is -0.457. The molecule has 4 heterocycles. The van der Waals surface area contributed by atoms with Crippen molar-refractivity contribution in [2.24, 2.45) is 5.73 Å². The van der Waals surface area contributed by atoms with Gasteiger partial charge in [-0.2, -0.15) is 4.98 Å². The summed E-state index contributed by atoms with van der Waals surface area (Å²) in [7, 11) is 1.48. The van der Waals surface area contributed by atoms with Crippen LogP contribution in [0.5, 0.6) is 5.75 Å². The lowest BCUT2D eigenvalue weighted by atomic mass is 10.0. The molecule has 3 aromatic rings. The molecule has 1 aromatic carbocycles. The van der Waals surface area contributed by atoms with E-state index in [1.807, 2.05) is 11.8 Å². The normalized spacial score (nSPS) is 17.8. The first-order valence-electron chi connectivity index (χ1n) is 10.4. The standard InChI is InChI=1S/C23H23FN6O2/c1-13-10-19(28-23(27-13)29-9-7-14(25)11-29)30-12-16-15(22(30)31)6-8-26-21(16)20-17(24)4-3-5-18(20)32-2/h3-6,8,10,14H,7,9,11-12,25H2,1-2H3/t14-/m1/s1. The summed E-state index contributed by atoms with van der Waals surface area (Å²) in [4.78, 5) is 30.5. The molecule has 1 amide bonds. The molecule has 0 spiro atoms. The average Bonchev–Trinajstić information content (AvgIpc) is 3.37. The van der Waals surface area contributed by atoms with Crippen molar-refractivity contribution in [2.75, 3.05) is 30.0 Å². The number of rotatable bonds is 4. The van der Waals surface area contributed by atoms with E-state index in [1.165, 1.54) is 19.4 Å². The van der Waals surface area contributed by atoms with Crippen molar-refractivity contribution in [3.8, 4) is 17.0 Å². The van der Waals surface area contributed by atoms with Gasteiger partial charge < -0.3 is 15.4 Å². The van der Waals surface area contributed by atoms with Crippen LogP contribution in [0.15, 0.2) is 36.5 Å². The minimum Gasteiger partial charge on any atom is -0.496 e. The summed E-state index contributed by atoms with van der Waals surface area (Å²) in [5.41, 5.74) is 8.54. The van der Waals surface area contributed by atoms with E-state index in [0.29, 0.717) is 40.9 Å². The lowest BCUT2D eigenvalue weighted by molar-refractivity contribution is 0.0996. The number of benzene rings is 1. The number of aromatic nitrogens is 3. The van der Waals surface area contributed by atoms with Crippen molar-refractivity contribution in [3.63, 3.8) is 0 Å². The Labute approximate surface area is 184 Å². The lowest BCUT2D eigenvalue weighted by Gasteiger charge is -2.20. The zero-order chi connectivity index (χ0) is 22.4. The van der Waals surface area contributed by atoms with Gasteiger partial charge in [0.05, 0.1) is 24.9 Å². The van der Waals surface area contributed by atoms with Crippen LogP contribution in [-0.4, -0.2) is 47.1 Å². The van der Waals surface area contributed by atoms with Gasteiger partial charge in [-0.25, -0.2) is 9.37 Å². The number of carbonyl (C=O) groups is 1. The predicted molar refractivity (Wildman–Crippen MR) is 118 cm³/mol. The number of fused-ring (bicyclic) bond motifs is 1. The maximum absolute atomic E-state index is 14.8. The SMILES string of the molecule is COc1cccc(F)c1-c1nccc2c1CN(c1cc(C)nc(N3CC[C@@H](N)C3)n1)C2=O. The smallest absolute Gasteiger partial charge is 0.260 e. The Kier molecular flexibility index (Phi) is 4.97. The van der Waals surface area contributed by atoms with Crippen LogP contribution in [0, 0.1) is 12.7 Å². The predicted octanol–water partition coefficient (Wildman–Crippen LogP) is 2.69. The number of pyridine rings is 1. The summed E-state index contributed by atoms with van der Waals surface area (Å²) < 4.78 is 20.1. The van der Waals surface area contributed by atoms with Gasteiger partial charge in [-0.1, -0.05) is 6.07 Å². The number of amides is 1. The van der Waals surface area contributed by atoms with Gasteiger partial charge in [0, 0.05) is 48.2 Å². The highest BCUT2D eigenvalue weighted by atomic mass is 19.1. The van der Waals surface area contributed by atoms with Gasteiger partial charge in [-0.3, -0.25) is 14.7 Å².